The number of ether oxygens (including phenoxy) is 2. The Labute approximate surface area is 165 Å². The van der Waals surface area contributed by atoms with E-state index in [1.807, 2.05) is 18.2 Å². The van der Waals surface area contributed by atoms with Crippen LogP contribution in [0.25, 0.3) is 0 Å². The van der Waals surface area contributed by atoms with E-state index in [0.717, 1.165) is 25.1 Å². The maximum atomic E-state index is 12.2. The number of pyridine rings is 1. The number of carbonyl (C=O) groups is 1. The van der Waals surface area contributed by atoms with Gasteiger partial charge in [-0.1, -0.05) is 6.07 Å². The highest BCUT2D eigenvalue weighted by molar-refractivity contribution is 5.93. The molecular formula is C18H23Cl2N3O3. The number of anilines is 1. The van der Waals surface area contributed by atoms with Gasteiger partial charge in [-0.2, -0.15) is 0 Å². The number of methoxy groups -OCH3 is 1. The predicted octanol–water partition coefficient (Wildman–Crippen LogP) is 3.06. The highest BCUT2D eigenvalue weighted by atomic mass is 35.5. The molecule has 0 bridgehead atoms. The number of halogens is 2. The lowest BCUT2D eigenvalue weighted by Crippen LogP contribution is -2.24. The highest BCUT2D eigenvalue weighted by Gasteiger charge is 2.22. The Morgan fingerprint density at radius 2 is 2.15 bits per heavy atom. The Balaban J connectivity index is 0.00000169. The number of amides is 1. The van der Waals surface area contributed by atoms with Crippen LogP contribution in [0.4, 0.5) is 5.69 Å². The van der Waals surface area contributed by atoms with E-state index in [9.17, 15) is 4.79 Å². The van der Waals surface area contributed by atoms with Gasteiger partial charge in [0.15, 0.2) is 11.5 Å². The molecule has 8 heteroatoms. The maximum absolute atomic E-state index is 12.2. The van der Waals surface area contributed by atoms with Gasteiger partial charge in [-0.15, -0.1) is 24.8 Å². The minimum atomic E-state index is 0. The van der Waals surface area contributed by atoms with Crippen molar-refractivity contribution in [2.75, 3.05) is 25.5 Å². The van der Waals surface area contributed by atoms with Crippen LogP contribution in [-0.4, -0.2) is 31.1 Å². The smallest absolute Gasteiger partial charge is 0.228 e. The van der Waals surface area contributed by atoms with Crippen molar-refractivity contribution in [2.45, 2.75) is 13.0 Å². The zero-order valence-electron chi connectivity index (χ0n) is 14.4. The van der Waals surface area contributed by atoms with Crippen LogP contribution in [0.3, 0.4) is 0 Å². The van der Waals surface area contributed by atoms with Crippen LogP contribution >= 0.6 is 24.8 Å². The number of aromatic nitrogens is 1. The van der Waals surface area contributed by atoms with E-state index >= 15 is 0 Å². The summed E-state index contributed by atoms with van der Waals surface area (Å²) in [6, 6.07) is 9.20. The summed E-state index contributed by atoms with van der Waals surface area (Å²) in [5.74, 6) is 1.26. The molecule has 2 N–H and O–H groups in total. The van der Waals surface area contributed by atoms with Crippen LogP contribution < -0.4 is 20.1 Å². The van der Waals surface area contributed by atoms with Gasteiger partial charge in [-0.05, 0) is 31.2 Å². The van der Waals surface area contributed by atoms with Crippen molar-refractivity contribution in [1.29, 1.82) is 0 Å². The number of hydrogen-bond acceptors (Lipinski definition) is 5. The molecular weight excluding hydrogens is 377 g/mol. The van der Waals surface area contributed by atoms with Gasteiger partial charge in [0.2, 0.25) is 5.91 Å². The summed E-state index contributed by atoms with van der Waals surface area (Å²) in [5, 5.41) is 6.14. The third kappa shape index (κ3) is 5.76. The van der Waals surface area contributed by atoms with Gasteiger partial charge < -0.3 is 20.1 Å². The second kappa shape index (κ2) is 10.9. The number of hydrogen-bond donors (Lipinski definition) is 2. The lowest BCUT2D eigenvalue weighted by molar-refractivity contribution is -0.119. The summed E-state index contributed by atoms with van der Waals surface area (Å²) < 4.78 is 11.2. The van der Waals surface area contributed by atoms with Crippen molar-refractivity contribution >= 4 is 36.4 Å². The van der Waals surface area contributed by atoms with Crippen molar-refractivity contribution in [3.05, 3.63) is 48.3 Å². The number of nitrogens with one attached hydrogen (secondary N) is 2. The minimum absolute atomic E-state index is 0. The summed E-state index contributed by atoms with van der Waals surface area (Å²) in [6.07, 6.45) is 4.34. The molecule has 3 rings (SSSR count). The average Bonchev–Trinajstić information content (AvgIpc) is 3.16. The molecule has 1 unspecified atom stereocenters. The topological polar surface area (TPSA) is 72.5 Å². The van der Waals surface area contributed by atoms with Crippen LogP contribution in [0.5, 0.6) is 11.5 Å². The first-order chi connectivity index (χ1) is 11.8. The van der Waals surface area contributed by atoms with Gasteiger partial charge in [0, 0.05) is 36.3 Å². The number of carbonyl (C=O) groups excluding carboxylic acids is 1. The van der Waals surface area contributed by atoms with Crippen LogP contribution in [0, 0.1) is 5.92 Å². The third-order valence-electron chi connectivity index (χ3n) is 3.98. The van der Waals surface area contributed by atoms with E-state index in [1.54, 1.807) is 31.6 Å². The van der Waals surface area contributed by atoms with Crippen LogP contribution in [-0.2, 0) is 11.4 Å². The van der Waals surface area contributed by atoms with Crippen molar-refractivity contribution in [1.82, 2.24) is 10.3 Å². The molecule has 1 atom stereocenters. The molecule has 1 fully saturated rings. The fourth-order valence-corrected chi connectivity index (χ4v) is 2.63. The summed E-state index contributed by atoms with van der Waals surface area (Å²) in [6.45, 7) is 2.00. The van der Waals surface area contributed by atoms with E-state index < -0.39 is 0 Å². The Hall–Kier alpha value is -2.02. The molecule has 26 heavy (non-hydrogen) atoms. The molecule has 1 saturated heterocycles. The quantitative estimate of drug-likeness (QED) is 0.780. The predicted molar refractivity (Wildman–Crippen MR) is 106 cm³/mol. The average molecular weight is 400 g/mol. The molecule has 2 heterocycles. The second-order valence-corrected chi connectivity index (χ2v) is 5.69. The normalized spacial score (nSPS) is 15.3. The van der Waals surface area contributed by atoms with Crippen molar-refractivity contribution in [3.63, 3.8) is 0 Å². The van der Waals surface area contributed by atoms with E-state index in [4.69, 9.17) is 9.47 Å². The molecule has 1 aromatic carbocycles. The Kier molecular flexibility index (Phi) is 9.19. The molecule has 2 aromatic rings. The van der Waals surface area contributed by atoms with E-state index in [0.29, 0.717) is 23.8 Å². The summed E-state index contributed by atoms with van der Waals surface area (Å²) in [5.41, 5.74) is 1.67. The van der Waals surface area contributed by atoms with E-state index in [2.05, 4.69) is 15.6 Å². The standard InChI is InChI=1S/C18H21N3O3.2ClH/c1-23-16-5-4-15(21-18(22)14-6-8-20-11-14)9-17(16)24-12-13-3-2-7-19-10-13;;/h2-5,7,9-10,14,20H,6,8,11-12H2,1H3,(H,21,22);2*1H. The second-order valence-electron chi connectivity index (χ2n) is 5.69. The van der Waals surface area contributed by atoms with Crippen molar-refractivity contribution < 1.29 is 14.3 Å². The molecule has 0 spiro atoms. The summed E-state index contributed by atoms with van der Waals surface area (Å²) >= 11 is 0. The number of benzene rings is 1. The molecule has 1 aliphatic heterocycles. The Morgan fingerprint density at radius 1 is 1.31 bits per heavy atom. The molecule has 0 aliphatic carbocycles. The number of nitrogens with zero attached hydrogens (tertiary/aromatic N) is 1. The lowest BCUT2D eigenvalue weighted by Gasteiger charge is -2.14. The molecule has 6 nitrogen and oxygen atoms in total. The fraction of sp³-hybridized carbons (Fsp3) is 0.333. The van der Waals surface area contributed by atoms with Crippen LogP contribution in [0.1, 0.15) is 12.0 Å². The van der Waals surface area contributed by atoms with Crippen molar-refractivity contribution in [3.8, 4) is 11.5 Å². The monoisotopic (exact) mass is 399 g/mol. The van der Waals surface area contributed by atoms with E-state index in [1.165, 1.54) is 0 Å². The molecule has 1 amide bonds. The van der Waals surface area contributed by atoms with Gasteiger partial charge in [-0.25, -0.2) is 0 Å². The maximum Gasteiger partial charge on any atom is 0.228 e. The molecule has 1 aliphatic rings. The first-order valence-corrected chi connectivity index (χ1v) is 7.97. The SMILES string of the molecule is COc1ccc(NC(=O)C2CCNC2)cc1OCc1cccnc1.Cl.Cl. The lowest BCUT2D eigenvalue weighted by atomic mass is 10.1. The van der Waals surface area contributed by atoms with Gasteiger partial charge >= 0.3 is 0 Å². The zero-order chi connectivity index (χ0) is 16.8. The van der Waals surface area contributed by atoms with Crippen molar-refractivity contribution in [2.24, 2.45) is 5.92 Å². The van der Waals surface area contributed by atoms with Gasteiger partial charge in [-0.3, -0.25) is 9.78 Å². The summed E-state index contributed by atoms with van der Waals surface area (Å²) in [4.78, 5) is 16.3. The highest BCUT2D eigenvalue weighted by Crippen LogP contribution is 2.31. The number of rotatable bonds is 6. The molecule has 0 saturated carbocycles. The zero-order valence-corrected chi connectivity index (χ0v) is 16.1. The first kappa shape index (κ1) is 22.0. The largest absolute Gasteiger partial charge is 0.493 e. The molecule has 1 aromatic heterocycles. The fourth-order valence-electron chi connectivity index (χ4n) is 2.63. The van der Waals surface area contributed by atoms with Gasteiger partial charge in [0.1, 0.15) is 6.61 Å². The van der Waals surface area contributed by atoms with Gasteiger partial charge in [0.25, 0.3) is 0 Å². The Morgan fingerprint density at radius 3 is 2.81 bits per heavy atom. The Bertz CT molecular complexity index is 695. The summed E-state index contributed by atoms with van der Waals surface area (Å²) in [7, 11) is 1.59. The molecule has 142 valence electrons. The molecule has 0 radical (unpaired) electrons. The van der Waals surface area contributed by atoms with Gasteiger partial charge in [0.05, 0.1) is 13.0 Å². The third-order valence-corrected chi connectivity index (χ3v) is 3.98. The van der Waals surface area contributed by atoms with Crippen LogP contribution in [0.15, 0.2) is 42.7 Å². The van der Waals surface area contributed by atoms with Crippen LogP contribution in [0.2, 0.25) is 0 Å². The van der Waals surface area contributed by atoms with E-state index in [-0.39, 0.29) is 36.6 Å². The first-order valence-electron chi connectivity index (χ1n) is 7.97. The minimum Gasteiger partial charge on any atom is -0.493 e.